The van der Waals surface area contributed by atoms with Gasteiger partial charge in [0.05, 0.1) is 17.2 Å². The fourth-order valence-corrected chi connectivity index (χ4v) is 4.31. The van der Waals surface area contributed by atoms with E-state index < -0.39 is 28.3 Å². The number of benzene rings is 3. The Morgan fingerprint density at radius 1 is 0.968 bits per heavy atom. The molecule has 1 amide bonds. The number of ether oxygens (including phenoxy) is 1. The summed E-state index contributed by atoms with van der Waals surface area (Å²) >= 11 is 0. The van der Waals surface area contributed by atoms with Crippen LogP contribution in [0.5, 0.6) is 5.75 Å². The zero-order valence-corrected chi connectivity index (χ0v) is 18.0. The van der Waals surface area contributed by atoms with Gasteiger partial charge in [-0.2, -0.15) is 0 Å². The predicted molar refractivity (Wildman–Crippen MR) is 118 cm³/mol. The van der Waals surface area contributed by atoms with E-state index in [1.807, 2.05) is 13.8 Å². The molecule has 0 atom stereocenters. The van der Waals surface area contributed by atoms with E-state index in [2.05, 4.69) is 5.32 Å². The van der Waals surface area contributed by atoms with Gasteiger partial charge in [0.15, 0.2) is 0 Å². The van der Waals surface area contributed by atoms with Crippen molar-refractivity contribution in [1.82, 2.24) is 0 Å². The molecule has 31 heavy (non-hydrogen) atoms. The Hall–Kier alpha value is -3.39. The minimum absolute atomic E-state index is 0.0334. The van der Waals surface area contributed by atoms with Crippen molar-refractivity contribution in [2.24, 2.45) is 0 Å². The fourth-order valence-electron chi connectivity index (χ4n) is 2.89. The Morgan fingerprint density at radius 3 is 2.16 bits per heavy atom. The van der Waals surface area contributed by atoms with E-state index in [0.717, 1.165) is 9.87 Å². The number of sulfonamides is 1. The second kappa shape index (κ2) is 9.61. The lowest BCUT2D eigenvalue weighted by Gasteiger charge is -2.24. The predicted octanol–water partition coefficient (Wildman–Crippen LogP) is 4.37. The summed E-state index contributed by atoms with van der Waals surface area (Å²) in [5.74, 6) is -0.434. The van der Waals surface area contributed by atoms with Gasteiger partial charge in [-0.25, -0.2) is 12.8 Å². The Kier molecular flexibility index (Phi) is 6.91. The Balaban J connectivity index is 1.90. The second-order valence-electron chi connectivity index (χ2n) is 6.81. The molecule has 0 bridgehead atoms. The van der Waals surface area contributed by atoms with Gasteiger partial charge in [0, 0.05) is 5.69 Å². The molecule has 3 aromatic rings. The standard InChI is InChI=1S/C23H23FN2O4S/c1-3-30-21-12-14-22(15-13-21)31(28,29)26(20-10-4-17(2)5-11-20)16-23(27)25-19-8-6-18(24)7-9-19/h4-15H,3,16H2,1-2H3,(H,25,27). The Bertz CT molecular complexity index is 1130. The number of carbonyl (C=O) groups is 1. The van der Waals surface area contributed by atoms with Crippen LogP contribution in [-0.2, 0) is 14.8 Å². The zero-order chi connectivity index (χ0) is 22.4. The second-order valence-corrected chi connectivity index (χ2v) is 8.67. The van der Waals surface area contributed by atoms with Crippen LogP contribution in [0.25, 0.3) is 0 Å². The molecule has 0 radical (unpaired) electrons. The van der Waals surface area contributed by atoms with Crippen molar-refractivity contribution in [3.63, 3.8) is 0 Å². The van der Waals surface area contributed by atoms with Crippen LogP contribution >= 0.6 is 0 Å². The largest absolute Gasteiger partial charge is 0.494 e. The lowest BCUT2D eigenvalue weighted by Crippen LogP contribution is -2.38. The number of hydrogen-bond acceptors (Lipinski definition) is 4. The van der Waals surface area contributed by atoms with Gasteiger partial charge in [0.1, 0.15) is 18.1 Å². The highest BCUT2D eigenvalue weighted by Crippen LogP contribution is 2.25. The van der Waals surface area contributed by atoms with Crippen molar-refractivity contribution in [2.75, 3.05) is 22.8 Å². The van der Waals surface area contributed by atoms with Crippen molar-refractivity contribution in [1.29, 1.82) is 0 Å². The van der Waals surface area contributed by atoms with Gasteiger partial charge in [-0.15, -0.1) is 0 Å². The summed E-state index contributed by atoms with van der Waals surface area (Å²) < 4.78 is 46.3. The average molecular weight is 443 g/mol. The van der Waals surface area contributed by atoms with Gasteiger partial charge < -0.3 is 10.1 Å². The van der Waals surface area contributed by atoms with Crippen LogP contribution in [0, 0.1) is 12.7 Å². The molecule has 3 rings (SSSR count). The van der Waals surface area contributed by atoms with Crippen molar-refractivity contribution < 1.29 is 22.3 Å². The summed E-state index contributed by atoms with van der Waals surface area (Å²) in [5, 5.41) is 2.60. The molecule has 0 aromatic heterocycles. The topological polar surface area (TPSA) is 75.7 Å². The number of nitrogens with zero attached hydrogens (tertiary/aromatic N) is 1. The van der Waals surface area contributed by atoms with Crippen LogP contribution < -0.4 is 14.4 Å². The van der Waals surface area contributed by atoms with Crippen LogP contribution in [-0.4, -0.2) is 27.5 Å². The summed E-state index contributed by atoms with van der Waals surface area (Å²) in [6.07, 6.45) is 0. The van der Waals surface area contributed by atoms with Gasteiger partial charge in [-0.05, 0) is 74.5 Å². The molecule has 1 N–H and O–H groups in total. The van der Waals surface area contributed by atoms with E-state index in [9.17, 15) is 17.6 Å². The van der Waals surface area contributed by atoms with E-state index in [-0.39, 0.29) is 4.90 Å². The third-order valence-corrected chi connectivity index (χ3v) is 6.25. The molecule has 6 nitrogen and oxygen atoms in total. The van der Waals surface area contributed by atoms with Gasteiger partial charge in [-0.3, -0.25) is 9.10 Å². The maximum Gasteiger partial charge on any atom is 0.264 e. The Labute approximate surface area is 181 Å². The number of amides is 1. The molecule has 0 aliphatic rings. The van der Waals surface area contributed by atoms with Crippen molar-refractivity contribution >= 4 is 27.3 Å². The molecule has 0 fully saturated rings. The number of nitrogens with one attached hydrogen (secondary N) is 1. The lowest BCUT2D eigenvalue weighted by atomic mass is 10.2. The van der Waals surface area contributed by atoms with Gasteiger partial charge >= 0.3 is 0 Å². The Morgan fingerprint density at radius 2 is 1.58 bits per heavy atom. The molecular weight excluding hydrogens is 419 g/mol. The molecule has 0 unspecified atom stereocenters. The molecule has 162 valence electrons. The molecule has 3 aromatic carbocycles. The molecule has 0 heterocycles. The molecule has 8 heteroatoms. The summed E-state index contributed by atoms with van der Waals surface area (Å²) in [6, 6.07) is 18.1. The van der Waals surface area contributed by atoms with E-state index in [4.69, 9.17) is 4.74 Å². The smallest absolute Gasteiger partial charge is 0.264 e. The number of aryl methyl sites for hydroxylation is 1. The third-order valence-electron chi connectivity index (χ3n) is 4.46. The minimum atomic E-state index is -4.04. The first-order valence-electron chi connectivity index (χ1n) is 9.67. The first-order chi connectivity index (χ1) is 14.8. The van der Waals surface area contributed by atoms with Crippen molar-refractivity contribution in [3.05, 3.63) is 84.2 Å². The average Bonchev–Trinajstić information content (AvgIpc) is 2.75. The summed E-state index contributed by atoms with van der Waals surface area (Å²) in [6.45, 7) is 3.74. The molecule has 0 aliphatic carbocycles. The number of anilines is 2. The van der Waals surface area contributed by atoms with E-state index in [1.165, 1.54) is 36.4 Å². The van der Waals surface area contributed by atoms with Crippen LogP contribution in [0.3, 0.4) is 0 Å². The van der Waals surface area contributed by atoms with E-state index in [1.54, 1.807) is 36.4 Å². The quantitative estimate of drug-likeness (QED) is 0.562. The summed E-state index contributed by atoms with van der Waals surface area (Å²) in [5.41, 5.74) is 1.68. The normalized spacial score (nSPS) is 11.1. The molecule has 0 spiro atoms. The zero-order valence-electron chi connectivity index (χ0n) is 17.2. The fraction of sp³-hybridized carbons (Fsp3) is 0.174. The SMILES string of the molecule is CCOc1ccc(S(=O)(=O)N(CC(=O)Nc2ccc(F)cc2)c2ccc(C)cc2)cc1. The van der Waals surface area contributed by atoms with Gasteiger partial charge in [-0.1, -0.05) is 17.7 Å². The molecule has 0 saturated carbocycles. The molecule has 0 aliphatic heterocycles. The van der Waals surface area contributed by atoms with Gasteiger partial charge in [0.25, 0.3) is 10.0 Å². The van der Waals surface area contributed by atoms with Gasteiger partial charge in [0.2, 0.25) is 5.91 Å². The van der Waals surface area contributed by atoms with E-state index >= 15 is 0 Å². The highest BCUT2D eigenvalue weighted by atomic mass is 32.2. The first kappa shape index (κ1) is 22.3. The minimum Gasteiger partial charge on any atom is -0.494 e. The van der Waals surface area contributed by atoms with Crippen LogP contribution in [0.4, 0.5) is 15.8 Å². The highest BCUT2D eigenvalue weighted by Gasteiger charge is 2.27. The van der Waals surface area contributed by atoms with E-state index in [0.29, 0.717) is 23.7 Å². The number of carbonyl (C=O) groups excluding carboxylic acids is 1. The van der Waals surface area contributed by atoms with Crippen LogP contribution in [0.2, 0.25) is 0 Å². The number of rotatable bonds is 8. The first-order valence-corrected chi connectivity index (χ1v) is 11.1. The lowest BCUT2D eigenvalue weighted by molar-refractivity contribution is -0.114. The maximum absolute atomic E-state index is 13.4. The third kappa shape index (κ3) is 5.61. The van der Waals surface area contributed by atoms with Crippen LogP contribution in [0.1, 0.15) is 12.5 Å². The molecule has 0 saturated heterocycles. The van der Waals surface area contributed by atoms with Crippen molar-refractivity contribution in [3.8, 4) is 5.75 Å². The number of hydrogen-bond donors (Lipinski definition) is 1. The summed E-state index contributed by atoms with van der Waals surface area (Å²) in [7, 11) is -4.04. The van der Waals surface area contributed by atoms with Crippen molar-refractivity contribution in [2.45, 2.75) is 18.7 Å². The maximum atomic E-state index is 13.4. The highest BCUT2D eigenvalue weighted by molar-refractivity contribution is 7.92. The molecular formula is C23H23FN2O4S. The summed E-state index contributed by atoms with van der Waals surface area (Å²) in [4.78, 5) is 12.7. The van der Waals surface area contributed by atoms with Crippen LogP contribution in [0.15, 0.2) is 77.7 Å². The monoisotopic (exact) mass is 442 g/mol. The number of halogens is 1.